The molecule has 2 N–H and O–H groups in total. The summed E-state index contributed by atoms with van der Waals surface area (Å²) in [5, 5.41) is 11.8. The summed E-state index contributed by atoms with van der Waals surface area (Å²) in [6.45, 7) is 2.07. The molecule has 8 heteroatoms. The number of rotatable bonds is 7. The summed E-state index contributed by atoms with van der Waals surface area (Å²) in [6, 6.07) is 8.09. The van der Waals surface area contributed by atoms with Gasteiger partial charge in [0.05, 0.1) is 13.1 Å². The van der Waals surface area contributed by atoms with Gasteiger partial charge in [0.25, 0.3) is 0 Å². The monoisotopic (exact) mass is 387 g/mol. The molecule has 2 rings (SSSR count). The van der Waals surface area contributed by atoms with Gasteiger partial charge in [0.2, 0.25) is 5.91 Å². The molecular weight excluding hydrogens is 362 g/mol. The summed E-state index contributed by atoms with van der Waals surface area (Å²) >= 11 is 1.64. The molecule has 0 aliphatic carbocycles. The van der Waals surface area contributed by atoms with Crippen LogP contribution in [-0.2, 0) is 9.59 Å². The maximum absolute atomic E-state index is 12.2. The summed E-state index contributed by atoms with van der Waals surface area (Å²) in [6.07, 6.45) is 3.78. The Kier molecular flexibility index (Phi) is 9.27. The maximum Gasteiger partial charge on any atom is 0.317 e. The number of carbonyl (C=O) groups is 2. The van der Waals surface area contributed by atoms with Crippen LogP contribution >= 0.6 is 24.2 Å². The van der Waals surface area contributed by atoms with E-state index >= 15 is 0 Å². The van der Waals surface area contributed by atoms with E-state index < -0.39 is 5.97 Å². The Hall–Kier alpha value is -1.28. The van der Waals surface area contributed by atoms with Crippen molar-refractivity contribution < 1.29 is 14.7 Å². The second-order valence-corrected chi connectivity index (χ2v) is 6.98. The lowest BCUT2D eigenvalue weighted by Crippen LogP contribution is -2.46. The molecule has 25 heavy (non-hydrogen) atoms. The van der Waals surface area contributed by atoms with Crippen LogP contribution in [0.3, 0.4) is 0 Å². The SMILES string of the molecule is CSc1cccc(NC(=O)CN2CCC(N(C)CC(=O)O)CC2)c1.Cl. The molecule has 1 aliphatic rings. The van der Waals surface area contributed by atoms with Crippen molar-refractivity contribution >= 4 is 41.7 Å². The van der Waals surface area contributed by atoms with Crippen LogP contribution in [-0.4, -0.2) is 72.3 Å². The van der Waals surface area contributed by atoms with Gasteiger partial charge in [0, 0.05) is 29.7 Å². The van der Waals surface area contributed by atoms with E-state index in [4.69, 9.17) is 5.11 Å². The van der Waals surface area contributed by atoms with Gasteiger partial charge in [-0.3, -0.25) is 19.4 Å². The predicted octanol–water partition coefficient (Wildman–Crippen LogP) is 2.25. The second-order valence-electron chi connectivity index (χ2n) is 6.10. The van der Waals surface area contributed by atoms with E-state index in [0.29, 0.717) is 6.54 Å². The van der Waals surface area contributed by atoms with Crippen LogP contribution in [0.2, 0.25) is 0 Å². The Morgan fingerprint density at radius 3 is 2.64 bits per heavy atom. The maximum atomic E-state index is 12.2. The fourth-order valence-electron chi connectivity index (χ4n) is 2.97. The smallest absolute Gasteiger partial charge is 0.317 e. The van der Waals surface area contributed by atoms with Crippen molar-refractivity contribution in [2.75, 3.05) is 44.8 Å². The van der Waals surface area contributed by atoms with Gasteiger partial charge in [-0.15, -0.1) is 24.2 Å². The number of hydrogen-bond donors (Lipinski definition) is 2. The number of amides is 1. The van der Waals surface area contributed by atoms with Crippen molar-refractivity contribution in [1.82, 2.24) is 9.80 Å². The molecule has 0 spiro atoms. The standard InChI is InChI=1S/C17H25N3O3S.ClH/c1-19(12-17(22)23)14-6-8-20(9-7-14)11-16(21)18-13-4-3-5-15(10-13)24-2;/h3-5,10,14H,6-9,11-12H2,1-2H3,(H,18,21)(H,22,23);1H. The zero-order chi connectivity index (χ0) is 17.5. The molecule has 1 aliphatic heterocycles. The van der Waals surface area contributed by atoms with Crippen molar-refractivity contribution in [3.8, 4) is 0 Å². The molecule has 1 fully saturated rings. The van der Waals surface area contributed by atoms with E-state index in [1.54, 1.807) is 11.8 Å². The van der Waals surface area contributed by atoms with Crippen LogP contribution in [0, 0.1) is 0 Å². The number of nitrogens with one attached hydrogen (secondary N) is 1. The van der Waals surface area contributed by atoms with Crippen molar-refractivity contribution in [3.05, 3.63) is 24.3 Å². The van der Waals surface area contributed by atoms with E-state index in [9.17, 15) is 9.59 Å². The average molecular weight is 388 g/mol. The molecule has 0 bridgehead atoms. The number of likely N-dealkylation sites (N-methyl/N-ethyl adjacent to an activating group) is 1. The second kappa shape index (κ2) is 10.7. The van der Waals surface area contributed by atoms with Gasteiger partial charge in [-0.05, 0) is 44.3 Å². The summed E-state index contributed by atoms with van der Waals surface area (Å²) in [5.41, 5.74) is 0.822. The summed E-state index contributed by atoms with van der Waals surface area (Å²) < 4.78 is 0. The van der Waals surface area contributed by atoms with Gasteiger partial charge in [0.15, 0.2) is 0 Å². The minimum atomic E-state index is -0.799. The number of hydrogen-bond acceptors (Lipinski definition) is 5. The third-order valence-electron chi connectivity index (χ3n) is 4.29. The Morgan fingerprint density at radius 2 is 2.04 bits per heavy atom. The molecule has 0 atom stereocenters. The molecule has 1 saturated heterocycles. The Labute approximate surface area is 159 Å². The molecule has 0 saturated carbocycles. The van der Waals surface area contributed by atoms with Crippen LogP contribution in [0.5, 0.6) is 0 Å². The van der Waals surface area contributed by atoms with Gasteiger partial charge in [-0.2, -0.15) is 0 Å². The molecule has 6 nitrogen and oxygen atoms in total. The number of carboxylic acids is 1. The molecule has 1 aromatic rings. The minimum absolute atomic E-state index is 0. The molecule has 1 aromatic carbocycles. The van der Waals surface area contributed by atoms with Crippen LogP contribution in [0.25, 0.3) is 0 Å². The highest BCUT2D eigenvalue weighted by Gasteiger charge is 2.24. The number of aliphatic carboxylic acids is 1. The molecule has 0 radical (unpaired) electrons. The third kappa shape index (κ3) is 7.23. The van der Waals surface area contributed by atoms with Crippen LogP contribution in [0.4, 0.5) is 5.69 Å². The number of anilines is 1. The summed E-state index contributed by atoms with van der Waals surface area (Å²) in [7, 11) is 1.85. The first-order chi connectivity index (χ1) is 11.5. The molecular formula is C17H26ClN3O3S. The molecule has 1 heterocycles. The molecule has 0 unspecified atom stereocenters. The van der Waals surface area contributed by atoms with E-state index in [-0.39, 0.29) is 30.9 Å². The van der Waals surface area contributed by atoms with Crippen molar-refractivity contribution in [3.63, 3.8) is 0 Å². The Morgan fingerprint density at radius 1 is 1.36 bits per heavy atom. The van der Waals surface area contributed by atoms with Gasteiger partial charge >= 0.3 is 5.97 Å². The molecule has 0 aromatic heterocycles. The summed E-state index contributed by atoms with van der Waals surface area (Å²) in [5.74, 6) is -0.808. The van der Waals surface area contributed by atoms with E-state index in [1.165, 1.54) is 0 Å². The van der Waals surface area contributed by atoms with Crippen molar-refractivity contribution in [2.24, 2.45) is 0 Å². The Balaban J connectivity index is 0.00000312. The van der Waals surface area contributed by atoms with Gasteiger partial charge in [-0.25, -0.2) is 0 Å². The number of nitrogens with zero attached hydrogens (tertiary/aromatic N) is 2. The van der Waals surface area contributed by atoms with Crippen LogP contribution < -0.4 is 5.32 Å². The number of thioether (sulfide) groups is 1. The highest BCUT2D eigenvalue weighted by molar-refractivity contribution is 7.98. The van der Waals surface area contributed by atoms with E-state index in [1.807, 2.05) is 42.5 Å². The average Bonchev–Trinajstić information content (AvgIpc) is 2.55. The number of benzene rings is 1. The number of carboxylic acid groups (broad SMARTS) is 1. The third-order valence-corrected chi connectivity index (χ3v) is 5.01. The van der Waals surface area contributed by atoms with Crippen LogP contribution in [0.15, 0.2) is 29.2 Å². The van der Waals surface area contributed by atoms with Crippen LogP contribution in [0.1, 0.15) is 12.8 Å². The largest absolute Gasteiger partial charge is 0.480 e. The van der Waals surface area contributed by atoms with Gasteiger partial charge in [-0.1, -0.05) is 6.07 Å². The molecule has 140 valence electrons. The topological polar surface area (TPSA) is 72.9 Å². The lowest BCUT2D eigenvalue weighted by Gasteiger charge is -2.35. The quantitative estimate of drug-likeness (QED) is 0.699. The number of halogens is 1. The zero-order valence-electron chi connectivity index (χ0n) is 14.6. The number of carbonyl (C=O) groups excluding carboxylic acids is 1. The van der Waals surface area contributed by atoms with Gasteiger partial charge in [0.1, 0.15) is 0 Å². The zero-order valence-corrected chi connectivity index (χ0v) is 16.2. The number of likely N-dealkylation sites (tertiary alicyclic amines) is 1. The van der Waals surface area contributed by atoms with Gasteiger partial charge < -0.3 is 10.4 Å². The normalized spacial score (nSPS) is 15.6. The fraction of sp³-hybridized carbons (Fsp3) is 0.529. The molecule has 1 amide bonds. The van der Waals surface area contributed by atoms with E-state index in [0.717, 1.165) is 36.5 Å². The lowest BCUT2D eigenvalue weighted by atomic mass is 10.0. The first kappa shape index (κ1) is 21.8. The van der Waals surface area contributed by atoms with Crippen molar-refractivity contribution in [2.45, 2.75) is 23.8 Å². The van der Waals surface area contributed by atoms with E-state index in [2.05, 4.69) is 10.2 Å². The van der Waals surface area contributed by atoms with Crippen molar-refractivity contribution in [1.29, 1.82) is 0 Å². The number of piperidine rings is 1. The minimum Gasteiger partial charge on any atom is -0.480 e. The predicted molar refractivity (Wildman–Crippen MR) is 104 cm³/mol. The fourth-order valence-corrected chi connectivity index (χ4v) is 3.42. The highest BCUT2D eigenvalue weighted by Crippen LogP contribution is 2.19. The first-order valence-electron chi connectivity index (χ1n) is 8.06. The Bertz CT molecular complexity index is 580. The first-order valence-corrected chi connectivity index (χ1v) is 9.28. The summed E-state index contributed by atoms with van der Waals surface area (Å²) in [4.78, 5) is 28.1. The highest BCUT2D eigenvalue weighted by atomic mass is 35.5. The lowest BCUT2D eigenvalue weighted by molar-refractivity contribution is -0.138.